The Morgan fingerprint density at radius 3 is 2.68 bits per heavy atom. The Balaban J connectivity index is 1.59. The van der Waals surface area contributed by atoms with E-state index in [0.717, 1.165) is 42.8 Å². The fraction of sp³-hybridized carbons (Fsp3) is 0.368. The Labute approximate surface area is 166 Å². The zero-order valence-corrected chi connectivity index (χ0v) is 16.2. The molecule has 146 valence electrons. The number of nitro groups is 1. The van der Waals surface area contributed by atoms with Crippen LogP contribution in [0.3, 0.4) is 0 Å². The van der Waals surface area contributed by atoms with Crippen molar-refractivity contribution in [2.24, 2.45) is 0 Å². The van der Waals surface area contributed by atoms with Gasteiger partial charge in [0, 0.05) is 30.5 Å². The van der Waals surface area contributed by atoms with Gasteiger partial charge in [-0.2, -0.15) is 0 Å². The summed E-state index contributed by atoms with van der Waals surface area (Å²) in [6.07, 6.45) is 5.18. The van der Waals surface area contributed by atoms with Crippen LogP contribution in [0.5, 0.6) is 0 Å². The third-order valence-corrected chi connectivity index (χ3v) is 5.79. The number of rotatable bonds is 7. The van der Waals surface area contributed by atoms with Crippen LogP contribution in [0.4, 0.5) is 11.6 Å². The molecular formula is C19H21N5O3S. The third-order valence-electron chi connectivity index (χ3n) is 4.78. The van der Waals surface area contributed by atoms with Crippen molar-refractivity contribution in [1.82, 2.24) is 14.8 Å². The number of nitro benzene ring substituents is 1. The van der Waals surface area contributed by atoms with E-state index in [4.69, 9.17) is 4.42 Å². The number of aromatic nitrogens is 3. The maximum absolute atomic E-state index is 11.3. The average molecular weight is 399 g/mol. The largest absolute Gasteiger partial charge is 0.467 e. The van der Waals surface area contributed by atoms with E-state index in [-0.39, 0.29) is 10.6 Å². The summed E-state index contributed by atoms with van der Waals surface area (Å²) in [7, 11) is 0. The minimum absolute atomic E-state index is 0.128. The highest BCUT2D eigenvalue weighted by atomic mass is 32.2. The first-order valence-electron chi connectivity index (χ1n) is 9.28. The number of piperidine rings is 1. The van der Waals surface area contributed by atoms with Crippen LogP contribution in [0.15, 0.2) is 52.2 Å². The van der Waals surface area contributed by atoms with E-state index in [9.17, 15) is 10.1 Å². The molecule has 0 amide bonds. The van der Waals surface area contributed by atoms with Crippen LogP contribution in [0.25, 0.3) is 0 Å². The molecule has 8 nitrogen and oxygen atoms in total. The van der Waals surface area contributed by atoms with Crippen LogP contribution >= 0.6 is 11.8 Å². The number of hydrogen-bond acceptors (Lipinski definition) is 7. The molecule has 0 N–H and O–H groups in total. The lowest BCUT2D eigenvalue weighted by Gasteiger charge is -2.27. The summed E-state index contributed by atoms with van der Waals surface area (Å²) < 4.78 is 7.57. The molecule has 1 aliphatic rings. The summed E-state index contributed by atoms with van der Waals surface area (Å²) in [6.45, 7) is 2.46. The topological polar surface area (TPSA) is 90.2 Å². The Kier molecular flexibility index (Phi) is 5.61. The SMILES string of the molecule is O=[N+]([O-])c1ccccc1CSc1nnc(N2CCCCC2)n1Cc1ccco1. The zero-order chi connectivity index (χ0) is 19.3. The lowest BCUT2D eigenvalue weighted by atomic mass is 10.1. The molecule has 1 aliphatic heterocycles. The monoisotopic (exact) mass is 399 g/mol. The standard InChI is InChI=1S/C19H21N5O3S/c25-24(26)17-9-3-2-7-15(17)14-28-19-21-20-18(22-10-4-1-5-11-22)23(19)13-16-8-6-12-27-16/h2-3,6-9,12H,1,4-5,10-11,13-14H2. The predicted octanol–water partition coefficient (Wildman–Crippen LogP) is 4.11. The van der Waals surface area contributed by atoms with E-state index < -0.39 is 0 Å². The molecule has 0 saturated carbocycles. The number of para-hydroxylation sites is 1. The Morgan fingerprint density at radius 2 is 1.93 bits per heavy atom. The number of nitrogens with zero attached hydrogens (tertiary/aromatic N) is 5. The van der Waals surface area contributed by atoms with E-state index >= 15 is 0 Å². The van der Waals surface area contributed by atoms with Crippen LogP contribution in [0.2, 0.25) is 0 Å². The van der Waals surface area contributed by atoms with Crippen molar-refractivity contribution in [3.63, 3.8) is 0 Å². The highest BCUT2D eigenvalue weighted by molar-refractivity contribution is 7.98. The second kappa shape index (κ2) is 8.47. The Hall–Kier alpha value is -2.81. The van der Waals surface area contributed by atoms with Crippen molar-refractivity contribution < 1.29 is 9.34 Å². The Bertz CT molecular complexity index is 935. The molecule has 1 fully saturated rings. The van der Waals surface area contributed by atoms with Gasteiger partial charge in [0.15, 0.2) is 5.16 Å². The highest BCUT2D eigenvalue weighted by Gasteiger charge is 2.22. The maximum atomic E-state index is 11.3. The Morgan fingerprint density at radius 1 is 1.11 bits per heavy atom. The third kappa shape index (κ3) is 4.04. The molecule has 1 aromatic carbocycles. The fourth-order valence-electron chi connectivity index (χ4n) is 3.37. The van der Waals surface area contributed by atoms with Gasteiger partial charge < -0.3 is 9.32 Å². The van der Waals surface area contributed by atoms with E-state index in [0.29, 0.717) is 17.9 Å². The first-order valence-corrected chi connectivity index (χ1v) is 10.3. The number of benzene rings is 1. The van der Waals surface area contributed by atoms with Crippen molar-refractivity contribution in [2.75, 3.05) is 18.0 Å². The van der Waals surface area contributed by atoms with Gasteiger partial charge in [-0.15, -0.1) is 10.2 Å². The van der Waals surface area contributed by atoms with E-state index in [1.54, 1.807) is 18.4 Å². The summed E-state index contributed by atoms with van der Waals surface area (Å²) in [5, 5.41) is 20.8. The fourth-order valence-corrected chi connectivity index (χ4v) is 4.29. The normalized spacial score (nSPS) is 14.4. The maximum Gasteiger partial charge on any atom is 0.273 e. The van der Waals surface area contributed by atoms with Gasteiger partial charge in [-0.3, -0.25) is 14.7 Å². The minimum Gasteiger partial charge on any atom is -0.467 e. The molecule has 9 heteroatoms. The van der Waals surface area contributed by atoms with Crippen LogP contribution in [0, 0.1) is 10.1 Å². The quantitative estimate of drug-likeness (QED) is 0.335. The van der Waals surface area contributed by atoms with Crippen LogP contribution in [-0.2, 0) is 12.3 Å². The number of hydrogen-bond donors (Lipinski definition) is 0. The molecule has 0 bridgehead atoms. The molecule has 28 heavy (non-hydrogen) atoms. The van der Waals surface area contributed by atoms with Gasteiger partial charge >= 0.3 is 0 Å². The smallest absolute Gasteiger partial charge is 0.273 e. The molecule has 0 atom stereocenters. The lowest BCUT2D eigenvalue weighted by Crippen LogP contribution is -2.32. The molecule has 0 radical (unpaired) electrons. The summed E-state index contributed by atoms with van der Waals surface area (Å²) in [5.74, 6) is 2.11. The van der Waals surface area contributed by atoms with Gasteiger partial charge in [-0.05, 0) is 31.4 Å². The highest BCUT2D eigenvalue weighted by Crippen LogP contribution is 2.30. The molecule has 0 spiro atoms. The van der Waals surface area contributed by atoms with E-state index in [1.165, 1.54) is 24.2 Å². The molecule has 0 aliphatic carbocycles. The molecule has 1 saturated heterocycles. The minimum atomic E-state index is -0.345. The molecule has 4 rings (SSSR count). The molecule has 3 heterocycles. The number of anilines is 1. The second-order valence-electron chi connectivity index (χ2n) is 6.67. The summed E-state index contributed by atoms with van der Waals surface area (Å²) in [4.78, 5) is 13.2. The zero-order valence-electron chi connectivity index (χ0n) is 15.4. The second-order valence-corrected chi connectivity index (χ2v) is 7.61. The van der Waals surface area contributed by atoms with E-state index in [1.807, 2.05) is 22.8 Å². The van der Waals surface area contributed by atoms with E-state index in [2.05, 4.69) is 15.1 Å². The van der Waals surface area contributed by atoms with Crippen molar-refractivity contribution >= 4 is 23.4 Å². The predicted molar refractivity (Wildman–Crippen MR) is 107 cm³/mol. The lowest BCUT2D eigenvalue weighted by molar-refractivity contribution is -0.385. The van der Waals surface area contributed by atoms with Crippen LogP contribution < -0.4 is 4.90 Å². The summed E-state index contributed by atoms with van der Waals surface area (Å²) >= 11 is 1.45. The van der Waals surface area contributed by atoms with Crippen molar-refractivity contribution in [1.29, 1.82) is 0 Å². The summed E-state index contributed by atoms with van der Waals surface area (Å²) in [6, 6.07) is 10.6. The van der Waals surface area contributed by atoms with Crippen molar-refractivity contribution in [2.45, 2.75) is 36.7 Å². The number of thioether (sulfide) groups is 1. The molecule has 0 unspecified atom stereocenters. The van der Waals surface area contributed by atoms with Crippen molar-refractivity contribution in [3.8, 4) is 0 Å². The van der Waals surface area contributed by atoms with Gasteiger partial charge in [0.25, 0.3) is 5.69 Å². The summed E-state index contributed by atoms with van der Waals surface area (Å²) in [5.41, 5.74) is 0.799. The molecular weight excluding hydrogens is 378 g/mol. The molecule has 3 aromatic rings. The first kappa shape index (κ1) is 18.5. The van der Waals surface area contributed by atoms with Gasteiger partial charge in [0.1, 0.15) is 5.76 Å². The number of furan rings is 1. The first-order chi connectivity index (χ1) is 13.7. The van der Waals surface area contributed by atoms with Gasteiger partial charge in [-0.25, -0.2) is 0 Å². The average Bonchev–Trinajstić information content (AvgIpc) is 3.38. The molecule has 2 aromatic heterocycles. The van der Waals surface area contributed by atoms with Crippen LogP contribution in [0.1, 0.15) is 30.6 Å². The van der Waals surface area contributed by atoms with Crippen molar-refractivity contribution in [3.05, 3.63) is 64.1 Å². The van der Waals surface area contributed by atoms with Gasteiger partial charge in [0.2, 0.25) is 5.95 Å². The van der Waals surface area contributed by atoms with Gasteiger partial charge in [-0.1, -0.05) is 30.0 Å². The van der Waals surface area contributed by atoms with Crippen LogP contribution in [-0.4, -0.2) is 32.8 Å². The van der Waals surface area contributed by atoms with Gasteiger partial charge in [0.05, 0.1) is 17.7 Å².